The fourth-order valence-corrected chi connectivity index (χ4v) is 3.61. The first-order valence-electron chi connectivity index (χ1n) is 8.33. The largest absolute Gasteiger partial charge is 0.472 e. The highest BCUT2D eigenvalue weighted by Gasteiger charge is 2.40. The number of para-hydroxylation sites is 2. The number of methoxy groups -OCH3 is 1. The maximum Gasteiger partial charge on any atom is 0.472 e. The zero-order valence-electron chi connectivity index (χ0n) is 15.3. The lowest BCUT2D eigenvalue weighted by molar-refractivity contribution is -0.386. The molecule has 1 atom stereocenters. The van der Waals surface area contributed by atoms with Gasteiger partial charge >= 0.3 is 7.82 Å². The van der Waals surface area contributed by atoms with Gasteiger partial charge in [-0.15, -0.1) is 0 Å². The van der Waals surface area contributed by atoms with Crippen molar-refractivity contribution in [3.63, 3.8) is 0 Å². The highest BCUT2D eigenvalue weighted by atomic mass is 31.2. The van der Waals surface area contributed by atoms with Gasteiger partial charge in [0.15, 0.2) is 5.79 Å². The van der Waals surface area contributed by atoms with Gasteiger partial charge in [-0.1, -0.05) is 36.4 Å². The lowest BCUT2D eigenvalue weighted by atomic mass is 9.96. The number of hydrogen-bond donors (Lipinski definition) is 2. The number of nitro benzene ring substituents is 2. The predicted octanol–water partition coefficient (Wildman–Crippen LogP) is 3.13. The second-order valence-electron chi connectivity index (χ2n) is 6.15. The van der Waals surface area contributed by atoms with Crippen molar-refractivity contribution in [3.05, 3.63) is 79.9 Å². The van der Waals surface area contributed by atoms with Gasteiger partial charge < -0.3 is 14.5 Å². The van der Waals surface area contributed by atoms with Crippen LogP contribution in [0.4, 0.5) is 11.4 Å². The van der Waals surface area contributed by atoms with E-state index in [2.05, 4.69) is 0 Å². The number of hydrogen-bond acceptors (Lipinski definition) is 7. The van der Waals surface area contributed by atoms with E-state index in [1.54, 1.807) is 6.07 Å². The lowest BCUT2D eigenvalue weighted by Gasteiger charge is -2.32. The van der Waals surface area contributed by atoms with E-state index in [0.29, 0.717) is 5.56 Å². The highest BCUT2D eigenvalue weighted by Crippen LogP contribution is 2.45. The summed E-state index contributed by atoms with van der Waals surface area (Å²) < 4.78 is 21.7. The fourth-order valence-electron chi connectivity index (χ4n) is 2.95. The first-order chi connectivity index (χ1) is 13.6. The monoisotopic (exact) mass is 426 g/mol. The summed E-state index contributed by atoms with van der Waals surface area (Å²) in [4.78, 5) is 40.0. The molecule has 0 fully saturated rings. The second kappa shape index (κ2) is 9.21. The molecule has 29 heavy (non-hydrogen) atoms. The van der Waals surface area contributed by atoms with Gasteiger partial charge in [0, 0.05) is 43.2 Å². The Morgan fingerprint density at radius 3 is 1.93 bits per heavy atom. The van der Waals surface area contributed by atoms with Crippen LogP contribution in [0.15, 0.2) is 48.5 Å². The van der Waals surface area contributed by atoms with Gasteiger partial charge in [0.2, 0.25) is 0 Å². The molecule has 12 heteroatoms. The Kier molecular flexibility index (Phi) is 7.17. The van der Waals surface area contributed by atoms with Crippen LogP contribution < -0.4 is 0 Å². The molecular formula is C17H19N2O9P. The molecule has 2 rings (SSSR count). The Morgan fingerprint density at radius 1 is 0.966 bits per heavy atom. The van der Waals surface area contributed by atoms with Crippen molar-refractivity contribution in [3.8, 4) is 0 Å². The maximum atomic E-state index is 11.6. The molecule has 0 aromatic heterocycles. The molecule has 0 aliphatic heterocycles. The zero-order chi connectivity index (χ0) is 21.7. The van der Waals surface area contributed by atoms with E-state index < -0.39 is 23.5 Å². The number of phosphoric acid groups is 1. The fraction of sp³-hybridized carbons (Fsp3) is 0.294. The molecule has 0 saturated heterocycles. The van der Waals surface area contributed by atoms with E-state index in [1.807, 2.05) is 0 Å². The van der Waals surface area contributed by atoms with Crippen molar-refractivity contribution in [2.24, 2.45) is 0 Å². The van der Waals surface area contributed by atoms with E-state index >= 15 is 0 Å². The maximum absolute atomic E-state index is 11.6. The third kappa shape index (κ3) is 6.14. The van der Waals surface area contributed by atoms with E-state index in [0.717, 1.165) is 7.11 Å². The molecule has 1 unspecified atom stereocenters. The molecule has 0 saturated carbocycles. The molecule has 11 nitrogen and oxygen atoms in total. The number of rotatable bonds is 10. The molecule has 0 bridgehead atoms. The Hall–Kier alpha value is -2.69. The Bertz CT molecular complexity index is 946. The summed E-state index contributed by atoms with van der Waals surface area (Å²) in [5.74, 6) is -1.95. The summed E-state index contributed by atoms with van der Waals surface area (Å²) in [6.07, 6.45) is -0.580. The normalized spacial score (nSPS) is 13.6. The molecule has 0 radical (unpaired) electrons. The van der Waals surface area contributed by atoms with Crippen LogP contribution in [0, 0.1) is 20.2 Å². The average molecular weight is 426 g/mol. The van der Waals surface area contributed by atoms with Crippen molar-refractivity contribution in [2.45, 2.75) is 25.0 Å². The molecule has 2 aromatic rings. The van der Waals surface area contributed by atoms with Crippen molar-refractivity contribution in [2.75, 3.05) is 7.11 Å². The summed E-state index contributed by atoms with van der Waals surface area (Å²) >= 11 is 0. The van der Waals surface area contributed by atoms with Crippen molar-refractivity contribution >= 4 is 19.2 Å². The number of nitro groups is 2. The number of ether oxygens (including phenoxy) is 1. The third-order valence-corrected chi connectivity index (χ3v) is 4.84. The van der Waals surface area contributed by atoms with Crippen LogP contribution in [0.1, 0.15) is 17.5 Å². The van der Waals surface area contributed by atoms with Gasteiger partial charge in [-0.2, -0.15) is 0 Å². The predicted molar refractivity (Wildman–Crippen MR) is 101 cm³/mol. The third-order valence-electron chi connectivity index (χ3n) is 4.27. The number of aryl methyl sites for hydroxylation is 1. The molecule has 0 aliphatic rings. The number of benzene rings is 2. The molecule has 0 heterocycles. The van der Waals surface area contributed by atoms with Gasteiger partial charge in [-0.25, -0.2) is 4.57 Å². The van der Waals surface area contributed by atoms with Crippen LogP contribution in [0.2, 0.25) is 0 Å². The van der Waals surface area contributed by atoms with E-state index in [-0.39, 0.29) is 36.2 Å². The Balaban J connectivity index is 2.40. The van der Waals surface area contributed by atoms with Crippen LogP contribution in [-0.4, -0.2) is 32.5 Å². The minimum atomic E-state index is -5.06. The minimum Gasteiger partial charge on any atom is -0.352 e. The zero-order valence-corrected chi connectivity index (χ0v) is 16.2. The quantitative estimate of drug-likeness (QED) is 0.251. The summed E-state index contributed by atoms with van der Waals surface area (Å²) in [5, 5.41) is 22.5. The average Bonchev–Trinajstić information content (AvgIpc) is 2.65. The van der Waals surface area contributed by atoms with Gasteiger partial charge in [0.25, 0.3) is 11.4 Å². The van der Waals surface area contributed by atoms with Crippen LogP contribution in [0.25, 0.3) is 0 Å². The molecule has 2 aromatic carbocycles. The van der Waals surface area contributed by atoms with E-state index in [4.69, 9.17) is 9.26 Å². The van der Waals surface area contributed by atoms with Crippen molar-refractivity contribution in [1.82, 2.24) is 0 Å². The topological polar surface area (TPSA) is 162 Å². The standard InChI is InChI=1S/C17H19N2O9P/c1-27-17(28-29(24,25)26,12-14-7-3-5-9-16(14)19(22)23)11-10-13-6-2-4-8-15(13)18(20)21/h2-9H,10-12H2,1H3,(H2,24,25,26). The number of phosphoric ester groups is 1. The van der Waals surface area contributed by atoms with E-state index in [1.165, 1.54) is 42.5 Å². The molecule has 2 N–H and O–H groups in total. The lowest BCUT2D eigenvalue weighted by Crippen LogP contribution is -2.37. The highest BCUT2D eigenvalue weighted by molar-refractivity contribution is 7.46. The van der Waals surface area contributed by atoms with Gasteiger partial charge in [0.05, 0.1) is 9.85 Å². The van der Waals surface area contributed by atoms with Crippen LogP contribution in [0.3, 0.4) is 0 Å². The molecule has 156 valence electrons. The molecular weight excluding hydrogens is 407 g/mol. The minimum absolute atomic E-state index is 0.0222. The summed E-state index contributed by atoms with van der Waals surface area (Å²) in [6.45, 7) is 0. The summed E-state index contributed by atoms with van der Waals surface area (Å²) in [5.41, 5.74) is -0.000498. The van der Waals surface area contributed by atoms with Crippen LogP contribution >= 0.6 is 7.82 Å². The first kappa shape index (κ1) is 22.6. The smallest absolute Gasteiger partial charge is 0.352 e. The van der Waals surface area contributed by atoms with Crippen LogP contribution in [-0.2, 0) is 26.7 Å². The van der Waals surface area contributed by atoms with Crippen molar-refractivity contribution < 1.29 is 33.5 Å². The van der Waals surface area contributed by atoms with Crippen molar-refractivity contribution in [1.29, 1.82) is 0 Å². The summed E-state index contributed by atoms with van der Waals surface area (Å²) in [7, 11) is -3.92. The van der Waals surface area contributed by atoms with Gasteiger partial charge in [-0.3, -0.25) is 24.8 Å². The summed E-state index contributed by atoms with van der Waals surface area (Å²) in [6, 6.07) is 11.5. The molecule has 0 amide bonds. The number of nitrogens with zero attached hydrogens (tertiary/aromatic N) is 2. The second-order valence-corrected chi connectivity index (χ2v) is 7.31. The van der Waals surface area contributed by atoms with Gasteiger partial charge in [0.1, 0.15) is 0 Å². The van der Waals surface area contributed by atoms with Gasteiger partial charge in [-0.05, 0) is 6.42 Å². The first-order valence-corrected chi connectivity index (χ1v) is 9.86. The SMILES string of the molecule is COC(CCc1ccccc1[N+](=O)[O-])(Cc1ccccc1[N+](=O)[O-])OP(=O)(O)O. The molecule has 0 spiro atoms. The molecule has 0 aliphatic carbocycles. The Morgan fingerprint density at radius 2 is 1.45 bits per heavy atom. The van der Waals surface area contributed by atoms with Crippen LogP contribution in [0.5, 0.6) is 0 Å². The Labute approximate surface area is 165 Å². The van der Waals surface area contributed by atoms with E-state index in [9.17, 15) is 34.6 Å².